The predicted octanol–water partition coefficient (Wildman–Crippen LogP) is 4.84. The normalized spacial score (nSPS) is 11.1. The number of hydrogen-bond acceptors (Lipinski definition) is 5. The Morgan fingerprint density at radius 1 is 1.27 bits per heavy atom. The molecule has 1 N–H and O–H groups in total. The highest BCUT2D eigenvalue weighted by molar-refractivity contribution is 7.99. The third-order valence-electron chi connectivity index (χ3n) is 4.53. The van der Waals surface area contributed by atoms with Gasteiger partial charge in [0, 0.05) is 11.6 Å². The van der Waals surface area contributed by atoms with Crippen LogP contribution >= 0.6 is 23.4 Å². The fourth-order valence-corrected chi connectivity index (χ4v) is 3.92. The maximum atomic E-state index is 13.0. The zero-order valence-electron chi connectivity index (χ0n) is 17.1. The lowest BCUT2D eigenvalue weighted by molar-refractivity contribution is -0.113. The molecule has 0 bridgehead atoms. The van der Waals surface area contributed by atoms with Gasteiger partial charge in [0.2, 0.25) is 5.91 Å². The molecule has 0 atom stereocenters. The molecule has 158 valence electrons. The minimum absolute atomic E-state index is 0.109. The number of thioether (sulfide) groups is 1. The van der Waals surface area contributed by atoms with Gasteiger partial charge in [0.25, 0.3) is 5.56 Å². The van der Waals surface area contributed by atoms with E-state index in [4.69, 9.17) is 16.3 Å². The Kier molecular flexibility index (Phi) is 7.39. The van der Waals surface area contributed by atoms with Crippen molar-refractivity contribution in [3.8, 4) is 5.75 Å². The highest BCUT2D eigenvalue weighted by Gasteiger charge is 2.15. The first-order valence-electron chi connectivity index (χ1n) is 9.64. The van der Waals surface area contributed by atoms with E-state index >= 15 is 0 Å². The Hall–Kier alpha value is -2.51. The van der Waals surface area contributed by atoms with Crippen LogP contribution in [0.1, 0.15) is 20.3 Å². The molecule has 1 heterocycles. The number of carbonyl (C=O) groups excluding carboxylic acids is 1. The summed E-state index contributed by atoms with van der Waals surface area (Å²) < 4.78 is 6.92. The van der Waals surface area contributed by atoms with Crippen LogP contribution in [0.4, 0.5) is 5.69 Å². The number of aromatic nitrogens is 2. The zero-order valence-corrected chi connectivity index (χ0v) is 18.7. The van der Waals surface area contributed by atoms with Gasteiger partial charge in [-0.25, -0.2) is 4.98 Å². The Bertz CT molecular complexity index is 1110. The van der Waals surface area contributed by atoms with Crippen molar-refractivity contribution in [1.29, 1.82) is 0 Å². The molecule has 0 fully saturated rings. The second-order valence-electron chi connectivity index (χ2n) is 7.23. The lowest BCUT2D eigenvalue weighted by Crippen LogP contribution is -2.25. The molecule has 0 aliphatic carbocycles. The molecule has 0 unspecified atom stereocenters. The first kappa shape index (κ1) is 22.2. The fraction of sp³-hybridized carbons (Fsp3) is 0.318. The Labute approximate surface area is 184 Å². The zero-order chi connectivity index (χ0) is 21.7. The van der Waals surface area contributed by atoms with E-state index in [2.05, 4.69) is 24.1 Å². The Balaban J connectivity index is 1.85. The topological polar surface area (TPSA) is 73.2 Å². The third-order valence-corrected chi connectivity index (χ3v) is 5.74. The molecule has 1 amide bonds. The van der Waals surface area contributed by atoms with Gasteiger partial charge >= 0.3 is 0 Å². The molecule has 1 aromatic heterocycles. The van der Waals surface area contributed by atoms with Gasteiger partial charge < -0.3 is 10.1 Å². The summed E-state index contributed by atoms with van der Waals surface area (Å²) in [5.41, 5.74) is 1.01. The van der Waals surface area contributed by atoms with Crippen molar-refractivity contribution in [2.45, 2.75) is 32.0 Å². The molecule has 2 aromatic carbocycles. The lowest BCUT2D eigenvalue weighted by atomic mass is 10.1. The summed E-state index contributed by atoms with van der Waals surface area (Å²) in [6.07, 6.45) is 0.835. The molecule has 8 heteroatoms. The number of amides is 1. The maximum absolute atomic E-state index is 13.0. The number of carbonyl (C=O) groups is 1. The molecule has 3 aromatic rings. The van der Waals surface area contributed by atoms with Crippen LogP contribution in [0.25, 0.3) is 10.9 Å². The number of rotatable bonds is 8. The second-order valence-corrected chi connectivity index (χ2v) is 8.61. The van der Waals surface area contributed by atoms with E-state index in [-0.39, 0.29) is 17.2 Å². The standard InChI is InChI=1S/C22H24ClN3O3S/c1-14(2)10-11-26-21(28)16-9-8-15(23)12-18(16)25-22(26)30-13-20(27)24-17-6-4-5-7-19(17)29-3/h4-9,12,14H,10-11,13H2,1-3H3,(H,24,27). The van der Waals surface area contributed by atoms with Crippen LogP contribution in [0, 0.1) is 5.92 Å². The van der Waals surface area contributed by atoms with E-state index < -0.39 is 0 Å². The van der Waals surface area contributed by atoms with Crippen LogP contribution in [-0.4, -0.2) is 28.3 Å². The van der Waals surface area contributed by atoms with Gasteiger partial charge in [-0.05, 0) is 42.7 Å². The van der Waals surface area contributed by atoms with Crippen LogP contribution in [0.2, 0.25) is 5.02 Å². The number of ether oxygens (including phenoxy) is 1. The van der Waals surface area contributed by atoms with Gasteiger partial charge in [-0.15, -0.1) is 0 Å². The van der Waals surface area contributed by atoms with Crippen LogP contribution in [-0.2, 0) is 11.3 Å². The molecule has 0 spiro atoms. The number of halogens is 1. The van der Waals surface area contributed by atoms with Crippen molar-refractivity contribution < 1.29 is 9.53 Å². The number of hydrogen-bond donors (Lipinski definition) is 1. The smallest absolute Gasteiger partial charge is 0.262 e. The molecule has 0 radical (unpaired) electrons. The van der Waals surface area contributed by atoms with Crippen molar-refractivity contribution in [2.75, 3.05) is 18.2 Å². The molecular formula is C22H24ClN3O3S. The monoisotopic (exact) mass is 445 g/mol. The first-order valence-corrected chi connectivity index (χ1v) is 11.0. The van der Waals surface area contributed by atoms with Gasteiger partial charge in [-0.3, -0.25) is 14.2 Å². The van der Waals surface area contributed by atoms with Gasteiger partial charge in [0.05, 0.1) is 29.5 Å². The van der Waals surface area contributed by atoms with Crippen LogP contribution in [0.3, 0.4) is 0 Å². The van der Waals surface area contributed by atoms with Gasteiger partial charge in [0.1, 0.15) is 5.75 Å². The minimum atomic E-state index is -0.208. The van der Waals surface area contributed by atoms with E-state index in [9.17, 15) is 9.59 Å². The number of nitrogens with one attached hydrogen (secondary N) is 1. The molecular weight excluding hydrogens is 422 g/mol. The Morgan fingerprint density at radius 2 is 2.03 bits per heavy atom. The van der Waals surface area contributed by atoms with E-state index in [1.807, 2.05) is 12.1 Å². The number of nitrogens with zero attached hydrogens (tertiary/aromatic N) is 2. The van der Waals surface area contributed by atoms with Crippen molar-refractivity contribution in [1.82, 2.24) is 9.55 Å². The lowest BCUT2D eigenvalue weighted by Gasteiger charge is -2.14. The SMILES string of the molecule is COc1ccccc1NC(=O)CSc1nc2cc(Cl)ccc2c(=O)n1CCC(C)C. The van der Waals surface area contributed by atoms with Crippen molar-refractivity contribution in [2.24, 2.45) is 5.92 Å². The van der Waals surface area contributed by atoms with Gasteiger partial charge in [-0.2, -0.15) is 0 Å². The maximum Gasteiger partial charge on any atom is 0.262 e. The molecule has 0 aliphatic rings. The quantitative estimate of drug-likeness (QED) is 0.397. The third kappa shape index (κ3) is 5.34. The van der Waals surface area contributed by atoms with Gasteiger partial charge in [0.15, 0.2) is 5.16 Å². The molecule has 0 aliphatic heterocycles. The molecule has 3 rings (SSSR count). The van der Waals surface area contributed by atoms with Crippen LogP contribution < -0.4 is 15.6 Å². The molecule has 0 saturated heterocycles. The van der Waals surface area contributed by atoms with E-state index in [0.717, 1.165) is 6.42 Å². The number of fused-ring (bicyclic) bond motifs is 1. The highest BCUT2D eigenvalue weighted by Crippen LogP contribution is 2.25. The largest absolute Gasteiger partial charge is 0.495 e. The summed E-state index contributed by atoms with van der Waals surface area (Å²) in [7, 11) is 1.55. The van der Waals surface area contributed by atoms with E-state index in [1.54, 1.807) is 42.0 Å². The summed E-state index contributed by atoms with van der Waals surface area (Å²) in [6.45, 7) is 4.75. The van der Waals surface area contributed by atoms with E-state index in [0.29, 0.717) is 45.0 Å². The highest BCUT2D eigenvalue weighted by atomic mass is 35.5. The first-order chi connectivity index (χ1) is 14.4. The summed E-state index contributed by atoms with van der Waals surface area (Å²) in [4.78, 5) is 30.2. The summed E-state index contributed by atoms with van der Waals surface area (Å²) in [5, 5.41) is 4.38. The summed E-state index contributed by atoms with van der Waals surface area (Å²) in [6, 6.07) is 12.3. The number of methoxy groups -OCH3 is 1. The number of anilines is 1. The van der Waals surface area contributed by atoms with Crippen molar-refractivity contribution in [3.05, 3.63) is 57.8 Å². The average Bonchev–Trinajstić information content (AvgIpc) is 2.71. The van der Waals surface area contributed by atoms with Crippen molar-refractivity contribution >= 4 is 45.9 Å². The van der Waals surface area contributed by atoms with Crippen LogP contribution in [0.15, 0.2) is 52.4 Å². The molecule has 30 heavy (non-hydrogen) atoms. The second kappa shape index (κ2) is 10.00. The summed E-state index contributed by atoms with van der Waals surface area (Å²) >= 11 is 7.31. The molecule has 6 nitrogen and oxygen atoms in total. The number of benzene rings is 2. The van der Waals surface area contributed by atoms with Crippen molar-refractivity contribution in [3.63, 3.8) is 0 Å². The van der Waals surface area contributed by atoms with Crippen LogP contribution in [0.5, 0.6) is 5.75 Å². The number of para-hydroxylation sites is 2. The molecule has 0 saturated carbocycles. The van der Waals surface area contributed by atoms with Gasteiger partial charge in [-0.1, -0.05) is 49.3 Å². The van der Waals surface area contributed by atoms with E-state index in [1.165, 1.54) is 11.8 Å². The fourth-order valence-electron chi connectivity index (χ4n) is 2.93. The minimum Gasteiger partial charge on any atom is -0.495 e. The summed E-state index contributed by atoms with van der Waals surface area (Å²) in [5.74, 6) is 0.922. The Morgan fingerprint density at radius 3 is 2.77 bits per heavy atom. The average molecular weight is 446 g/mol. The predicted molar refractivity (Wildman–Crippen MR) is 123 cm³/mol.